The first kappa shape index (κ1) is 11.1. The van der Waals surface area contributed by atoms with Gasteiger partial charge in [0.15, 0.2) is 0 Å². The predicted octanol–water partition coefficient (Wildman–Crippen LogP) is 3.03. The van der Waals surface area contributed by atoms with E-state index in [2.05, 4.69) is 22.5 Å². The van der Waals surface area contributed by atoms with Gasteiger partial charge in [0.2, 0.25) is 5.91 Å². The number of amides is 1. The number of carbonyl (C=O) groups is 1. The zero-order valence-corrected chi connectivity index (χ0v) is 9.57. The summed E-state index contributed by atoms with van der Waals surface area (Å²) in [5, 5.41) is 3.20. The number of allylic oxidation sites excluding steroid dienone is 2. The molecule has 84 valence electrons. The van der Waals surface area contributed by atoms with E-state index < -0.39 is 0 Å². The molecule has 0 aliphatic heterocycles. The third-order valence-electron chi connectivity index (χ3n) is 2.57. The van der Waals surface area contributed by atoms with Crippen LogP contribution in [0.25, 0.3) is 0 Å². The van der Waals surface area contributed by atoms with Crippen LogP contribution in [0.15, 0.2) is 30.5 Å². The molecule has 0 spiro atoms. The number of anilines is 1. The molecule has 1 aliphatic rings. The lowest BCUT2D eigenvalue weighted by Crippen LogP contribution is -2.14. The number of pyridine rings is 1. The van der Waals surface area contributed by atoms with E-state index in [0.29, 0.717) is 23.2 Å². The van der Waals surface area contributed by atoms with Gasteiger partial charge in [-0.1, -0.05) is 23.8 Å². The molecule has 0 radical (unpaired) electrons. The Morgan fingerprint density at radius 1 is 1.62 bits per heavy atom. The van der Waals surface area contributed by atoms with Gasteiger partial charge in [-0.25, -0.2) is 4.98 Å². The quantitative estimate of drug-likeness (QED) is 0.648. The second-order valence-corrected chi connectivity index (χ2v) is 4.27. The average molecular weight is 237 g/mol. The van der Waals surface area contributed by atoms with Gasteiger partial charge in [-0.3, -0.25) is 4.79 Å². The van der Waals surface area contributed by atoms with Crippen molar-refractivity contribution in [3.8, 4) is 0 Å². The van der Waals surface area contributed by atoms with E-state index in [-0.39, 0.29) is 5.91 Å². The number of hydrogen-bond acceptors (Lipinski definition) is 2. The van der Waals surface area contributed by atoms with E-state index in [9.17, 15) is 4.79 Å². The van der Waals surface area contributed by atoms with Gasteiger partial charge in [-0.15, -0.1) is 0 Å². The van der Waals surface area contributed by atoms with E-state index in [0.717, 1.165) is 12.8 Å². The molecule has 1 unspecified atom stereocenters. The first-order valence-corrected chi connectivity index (χ1v) is 5.70. The highest BCUT2D eigenvalue weighted by Gasteiger charge is 2.13. The SMILES string of the molecule is O=C(CC1C=CCC1)Nc1ccnc(Cl)c1. The molecule has 0 fully saturated rings. The maximum Gasteiger partial charge on any atom is 0.224 e. The fourth-order valence-electron chi connectivity index (χ4n) is 1.80. The Hall–Kier alpha value is -1.35. The molecule has 1 aromatic heterocycles. The summed E-state index contributed by atoms with van der Waals surface area (Å²) in [6.07, 6.45) is 8.51. The highest BCUT2D eigenvalue weighted by Crippen LogP contribution is 2.21. The van der Waals surface area contributed by atoms with Crippen LogP contribution in [0.4, 0.5) is 5.69 Å². The lowest BCUT2D eigenvalue weighted by Gasteiger charge is -2.08. The van der Waals surface area contributed by atoms with Crippen molar-refractivity contribution in [1.29, 1.82) is 0 Å². The van der Waals surface area contributed by atoms with Gasteiger partial charge < -0.3 is 5.32 Å². The van der Waals surface area contributed by atoms with Crippen LogP contribution in [0.2, 0.25) is 5.15 Å². The van der Waals surface area contributed by atoms with Gasteiger partial charge >= 0.3 is 0 Å². The number of nitrogens with zero attached hydrogens (tertiary/aromatic N) is 1. The van der Waals surface area contributed by atoms with Crippen LogP contribution in [0.1, 0.15) is 19.3 Å². The molecular formula is C12H13ClN2O. The molecule has 0 saturated carbocycles. The van der Waals surface area contributed by atoms with Crippen LogP contribution < -0.4 is 5.32 Å². The van der Waals surface area contributed by atoms with Gasteiger partial charge in [0.25, 0.3) is 0 Å². The second kappa shape index (κ2) is 5.12. The first-order chi connectivity index (χ1) is 7.74. The van der Waals surface area contributed by atoms with Crippen molar-refractivity contribution in [2.75, 3.05) is 5.32 Å². The van der Waals surface area contributed by atoms with Crippen molar-refractivity contribution in [2.24, 2.45) is 5.92 Å². The lowest BCUT2D eigenvalue weighted by atomic mass is 10.1. The van der Waals surface area contributed by atoms with E-state index in [1.807, 2.05) is 0 Å². The summed E-state index contributed by atoms with van der Waals surface area (Å²) in [7, 11) is 0. The van der Waals surface area contributed by atoms with Crippen LogP contribution in [-0.4, -0.2) is 10.9 Å². The van der Waals surface area contributed by atoms with Crippen molar-refractivity contribution in [1.82, 2.24) is 4.98 Å². The maximum atomic E-state index is 11.7. The standard InChI is InChI=1S/C12H13ClN2O/c13-11-8-10(5-6-14-11)15-12(16)7-9-3-1-2-4-9/h1,3,5-6,8-9H,2,4,7H2,(H,14,15,16). The van der Waals surface area contributed by atoms with E-state index in [1.165, 1.54) is 0 Å². The van der Waals surface area contributed by atoms with Crippen LogP contribution in [0, 0.1) is 5.92 Å². The number of aromatic nitrogens is 1. The summed E-state index contributed by atoms with van der Waals surface area (Å²) in [5.74, 6) is 0.413. The molecule has 0 saturated heterocycles. The molecule has 1 amide bonds. The largest absolute Gasteiger partial charge is 0.326 e. The number of nitrogens with one attached hydrogen (secondary N) is 1. The third kappa shape index (κ3) is 3.07. The molecule has 1 heterocycles. The highest BCUT2D eigenvalue weighted by molar-refractivity contribution is 6.29. The molecule has 2 rings (SSSR count). The number of halogens is 1. The Balaban J connectivity index is 1.89. The summed E-state index contributed by atoms with van der Waals surface area (Å²) in [6.45, 7) is 0. The van der Waals surface area contributed by atoms with Crippen molar-refractivity contribution in [3.05, 3.63) is 35.6 Å². The topological polar surface area (TPSA) is 42.0 Å². The predicted molar refractivity (Wildman–Crippen MR) is 64.4 cm³/mol. The Morgan fingerprint density at radius 3 is 3.19 bits per heavy atom. The van der Waals surface area contributed by atoms with E-state index in [1.54, 1.807) is 18.3 Å². The molecule has 0 aromatic carbocycles. The molecule has 1 N–H and O–H groups in total. The fraction of sp³-hybridized carbons (Fsp3) is 0.333. The van der Waals surface area contributed by atoms with Crippen LogP contribution in [0.5, 0.6) is 0 Å². The Labute approximate surface area is 99.5 Å². The molecule has 4 heteroatoms. The Morgan fingerprint density at radius 2 is 2.50 bits per heavy atom. The summed E-state index contributed by atoms with van der Waals surface area (Å²) in [5.41, 5.74) is 0.701. The minimum absolute atomic E-state index is 0.0267. The summed E-state index contributed by atoms with van der Waals surface area (Å²) >= 11 is 5.73. The Kier molecular flexibility index (Phi) is 3.57. The first-order valence-electron chi connectivity index (χ1n) is 5.32. The van der Waals surface area contributed by atoms with Gasteiger partial charge in [0.05, 0.1) is 0 Å². The fourth-order valence-corrected chi connectivity index (χ4v) is 1.97. The van der Waals surface area contributed by atoms with Crippen LogP contribution in [0.3, 0.4) is 0 Å². The van der Waals surface area contributed by atoms with Crippen molar-refractivity contribution < 1.29 is 4.79 Å². The molecule has 1 aliphatic carbocycles. The van der Waals surface area contributed by atoms with Crippen molar-refractivity contribution in [2.45, 2.75) is 19.3 Å². The van der Waals surface area contributed by atoms with Gasteiger partial charge in [0, 0.05) is 18.3 Å². The lowest BCUT2D eigenvalue weighted by molar-refractivity contribution is -0.116. The summed E-state index contributed by atoms with van der Waals surface area (Å²) in [6, 6.07) is 3.37. The van der Waals surface area contributed by atoms with Crippen LogP contribution >= 0.6 is 11.6 Å². The highest BCUT2D eigenvalue weighted by atomic mass is 35.5. The number of rotatable bonds is 3. The normalized spacial score (nSPS) is 18.7. The molecule has 1 aromatic rings. The van der Waals surface area contributed by atoms with Crippen molar-refractivity contribution in [3.63, 3.8) is 0 Å². The monoisotopic (exact) mass is 236 g/mol. The minimum atomic E-state index is 0.0267. The molecular weight excluding hydrogens is 224 g/mol. The third-order valence-corrected chi connectivity index (χ3v) is 2.78. The van der Waals surface area contributed by atoms with Gasteiger partial charge in [0.1, 0.15) is 5.15 Å². The molecule has 0 bridgehead atoms. The van der Waals surface area contributed by atoms with Crippen molar-refractivity contribution >= 4 is 23.2 Å². The summed E-state index contributed by atoms with van der Waals surface area (Å²) in [4.78, 5) is 15.5. The van der Waals surface area contributed by atoms with Crippen LogP contribution in [-0.2, 0) is 4.79 Å². The molecule has 1 atom stereocenters. The summed E-state index contributed by atoms with van der Waals surface area (Å²) < 4.78 is 0. The van der Waals surface area contributed by atoms with Gasteiger partial charge in [-0.2, -0.15) is 0 Å². The van der Waals surface area contributed by atoms with E-state index in [4.69, 9.17) is 11.6 Å². The second-order valence-electron chi connectivity index (χ2n) is 3.89. The maximum absolute atomic E-state index is 11.7. The Bertz CT molecular complexity index is 417. The smallest absolute Gasteiger partial charge is 0.224 e. The molecule has 3 nitrogen and oxygen atoms in total. The number of hydrogen-bond donors (Lipinski definition) is 1. The average Bonchev–Trinajstić information content (AvgIpc) is 2.70. The minimum Gasteiger partial charge on any atom is -0.326 e. The van der Waals surface area contributed by atoms with E-state index >= 15 is 0 Å². The zero-order chi connectivity index (χ0) is 11.4. The zero-order valence-electron chi connectivity index (χ0n) is 8.82. The molecule has 16 heavy (non-hydrogen) atoms. The van der Waals surface area contributed by atoms with Gasteiger partial charge in [-0.05, 0) is 30.9 Å². The number of carbonyl (C=O) groups excluding carboxylic acids is 1.